The molecule has 1 aromatic rings. The number of hydrogen-bond acceptors (Lipinski definition) is 4. The van der Waals surface area contributed by atoms with Crippen LogP contribution in [0.2, 0.25) is 0 Å². The smallest absolute Gasteiger partial charge is 0.292 e. The van der Waals surface area contributed by atoms with Crippen LogP contribution in [0.4, 0.5) is 11.4 Å². The number of nitrogens with zero attached hydrogens (tertiary/aromatic N) is 1. The second-order valence-electron chi connectivity index (χ2n) is 4.75. The molecule has 102 valence electrons. The van der Waals surface area contributed by atoms with Crippen molar-refractivity contribution in [2.45, 2.75) is 19.3 Å². The summed E-state index contributed by atoms with van der Waals surface area (Å²) in [6, 6.07) is 4.37. The van der Waals surface area contributed by atoms with E-state index in [2.05, 4.69) is 10.6 Å². The predicted molar refractivity (Wildman–Crippen MR) is 72.3 cm³/mol. The summed E-state index contributed by atoms with van der Waals surface area (Å²) in [5.74, 6) is 0.338. The first kappa shape index (κ1) is 13.3. The summed E-state index contributed by atoms with van der Waals surface area (Å²) in [4.78, 5) is 22.1. The molecule has 2 N–H and O–H groups in total. The van der Waals surface area contributed by atoms with Gasteiger partial charge >= 0.3 is 0 Å². The van der Waals surface area contributed by atoms with Crippen LogP contribution in [0.1, 0.15) is 29.6 Å². The summed E-state index contributed by atoms with van der Waals surface area (Å²) >= 11 is 0. The number of nitro groups is 1. The zero-order valence-corrected chi connectivity index (χ0v) is 10.8. The molecule has 0 aromatic heterocycles. The van der Waals surface area contributed by atoms with Gasteiger partial charge in [0.05, 0.1) is 4.92 Å². The van der Waals surface area contributed by atoms with Crippen molar-refractivity contribution in [3.63, 3.8) is 0 Å². The lowest BCUT2D eigenvalue weighted by molar-refractivity contribution is -0.384. The number of anilines is 1. The summed E-state index contributed by atoms with van der Waals surface area (Å²) in [6.45, 7) is 0.720. The molecule has 1 amide bonds. The van der Waals surface area contributed by atoms with Gasteiger partial charge in [0.1, 0.15) is 5.69 Å². The van der Waals surface area contributed by atoms with Crippen LogP contribution in [0.3, 0.4) is 0 Å². The SMILES string of the molecule is CNC(=O)c1ccc([N+](=O)[O-])c(NCC2CCC2)c1. The van der Waals surface area contributed by atoms with Gasteiger partial charge < -0.3 is 10.6 Å². The summed E-state index contributed by atoms with van der Waals surface area (Å²) in [5, 5.41) is 16.6. The molecule has 6 nitrogen and oxygen atoms in total. The van der Waals surface area contributed by atoms with Crippen LogP contribution in [0.25, 0.3) is 0 Å². The van der Waals surface area contributed by atoms with Crippen molar-refractivity contribution in [1.82, 2.24) is 5.32 Å². The maximum atomic E-state index is 11.5. The van der Waals surface area contributed by atoms with Crippen molar-refractivity contribution in [3.05, 3.63) is 33.9 Å². The maximum absolute atomic E-state index is 11.5. The monoisotopic (exact) mass is 263 g/mol. The molecule has 0 spiro atoms. The van der Waals surface area contributed by atoms with Crippen LogP contribution in [-0.2, 0) is 0 Å². The Morgan fingerprint density at radius 3 is 2.74 bits per heavy atom. The minimum atomic E-state index is -0.434. The first-order valence-electron chi connectivity index (χ1n) is 6.36. The zero-order chi connectivity index (χ0) is 13.8. The van der Waals surface area contributed by atoms with Crippen molar-refractivity contribution in [3.8, 4) is 0 Å². The molecule has 0 atom stereocenters. The van der Waals surface area contributed by atoms with E-state index in [1.54, 1.807) is 0 Å². The largest absolute Gasteiger partial charge is 0.379 e. The highest BCUT2D eigenvalue weighted by molar-refractivity contribution is 5.95. The highest BCUT2D eigenvalue weighted by Gasteiger charge is 2.20. The Kier molecular flexibility index (Phi) is 3.99. The number of hydrogen-bond donors (Lipinski definition) is 2. The predicted octanol–water partition coefficient (Wildman–Crippen LogP) is 2.17. The maximum Gasteiger partial charge on any atom is 0.292 e. The molecule has 2 rings (SSSR count). The van der Waals surface area contributed by atoms with E-state index in [1.165, 1.54) is 31.7 Å². The second kappa shape index (κ2) is 5.69. The quantitative estimate of drug-likeness (QED) is 0.629. The van der Waals surface area contributed by atoms with Gasteiger partial charge in [-0.3, -0.25) is 14.9 Å². The molecular weight excluding hydrogens is 246 g/mol. The third-order valence-corrected chi connectivity index (χ3v) is 3.49. The van der Waals surface area contributed by atoms with Gasteiger partial charge in [-0.15, -0.1) is 0 Å². The third kappa shape index (κ3) is 3.01. The van der Waals surface area contributed by atoms with Crippen molar-refractivity contribution < 1.29 is 9.72 Å². The number of carbonyl (C=O) groups is 1. The van der Waals surface area contributed by atoms with Crippen LogP contribution in [0.5, 0.6) is 0 Å². The lowest BCUT2D eigenvalue weighted by Crippen LogP contribution is -2.22. The van der Waals surface area contributed by atoms with E-state index in [-0.39, 0.29) is 11.6 Å². The lowest BCUT2D eigenvalue weighted by atomic mass is 9.85. The van der Waals surface area contributed by atoms with Gasteiger partial charge in [0.15, 0.2) is 0 Å². The fourth-order valence-electron chi connectivity index (χ4n) is 2.07. The topological polar surface area (TPSA) is 84.3 Å². The van der Waals surface area contributed by atoms with Gasteiger partial charge in [-0.05, 0) is 30.9 Å². The van der Waals surface area contributed by atoms with Crippen LogP contribution >= 0.6 is 0 Å². The second-order valence-corrected chi connectivity index (χ2v) is 4.75. The Labute approximate surface area is 111 Å². The van der Waals surface area contributed by atoms with E-state index in [9.17, 15) is 14.9 Å². The molecule has 1 fully saturated rings. The van der Waals surface area contributed by atoms with E-state index in [0.717, 1.165) is 19.4 Å². The van der Waals surface area contributed by atoms with Crippen molar-refractivity contribution in [2.24, 2.45) is 5.92 Å². The average molecular weight is 263 g/mol. The Morgan fingerprint density at radius 2 is 2.21 bits per heavy atom. The standard InChI is InChI=1S/C13H17N3O3/c1-14-13(17)10-5-6-12(16(18)19)11(7-10)15-8-9-3-2-4-9/h5-7,9,15H,2-4,8H2,1H3,(H,14,17). The molecule has 0 saturated heterocycles. The first-order valence-corrected chi connectivity index (χ1v) is 6.36. The fourth-order valence-corrected chi connectivity index (χ4v) is 2.07. The zero-order valence-electron chi connectivity index (χ0n) is 10.8. The molecule has 0 unspecified atom stereocenters. The molecule has 1 aliphatic carbocycles. The van der Waals surface area contributed by atoms with Crippen molar-refractivity contribution >= 4 is 17.3 Å². The lowest BCUT2D eigenvalue weighted by Gasteiger charge is -2.25. The molecule has 6 heteroatoms. The van der Waals surface area contributed by atoms with Gasteiger partial charge in [-0.2, -0.15) is 0 Å². The minimum Gasteiger partial charge on any atom is -0.379 e. The molecule has 19 heavy (non-hydrogen) atoms. The minimum absolute atomic E-state index is 0.00646. The number of carbonyl (C=O) groups excluding carboxylic acids is 1. The normalized spacial score (nSPS) is 14.6. The Bertz CT molecular complexity index is 498. The molecule has 1 saturated carbocycles. The van der Waals surface area contributed by atoms with Crippen LogP contribution < -0.4 is 10.6 Å². The van der Waals surface area contributed by atoms with Gasteiger partial charge in [-0.1, -0.05) is 6.42 Å². The highest BCUT2D eigenvalue weighted by atomic mass is 16.6. The number of rotatable bonds is 5. The molecule has 1 aliphatic rings. The Hall–Kier alpha value is -2.11. The summed E-state index contributed by atoms with van der Waals surface area (Å²) < 4.78 is 0. The van der Waals surface area contributed by atoms with Crippen LogP contribution in [0, 0.1) is 16.0 Å². The summed E-state index contributed by atoms with van der Waals surface area (Å²) in [6.07, 6.45) is 3.55. The molecule has 0 aliphatic heterocycles. The van der Waals surface area contributed by atoms with Crippen LogP contribution in [0.15, 0.2) is 18.2 Å². The molecule has 0 bridgehead atoms. The Morgan fingerprint density at radius 1 is 1.47 bits per heavy atom. The van der Waals surface area contributed by atoms with Gasteiger partial charge in [0.2, 0.25) is 0 Å². The molecule has 1 aromatic carbocycles. The number of nitrogens with one attached hydrogen (secondary N) is 2. The summed E-state index contributed by atoms with van der Waals surface area (Å²) in [7, 11) is 1.53. The van der Waals surface area contributed by atoms with Crippen LogP contribution in [-0.4, -0.2) is 24.4 Å². The van der Waals surface area contributed by atoms with E-state index in [0.29, 0.717) is 17.2 Å². The van der Waals surface area contributed by atoms with Gasteiger partial charge in [0, 0.05) is 25.2 Å². The molecular formula is C13H17N3O3. The van der Waals surface area contributed by atoms with Gasteiger partial charge in [0.25, 0.3) is 11.6 Å². The van der Waals surface area contributed by atoms with E-state index < -0.39 is 4.92 Å². The van der Waals surface area contributed by atoms with Crippen molar-refractivity contribution in [1.29, 1.82) is 0 Å². The Balaban J connectivity index is 2.19. The summed E-state index contributed by atoms with van der Waals surface area (Å²) in [5.41, 5.74) is 0.842. The highest BCUT2D eigenvalue weighted by Crippen LogP contribution is 2.29. The first-order chi connectivity index (χ1) is 9.11. The fraction of sp³-hybridized carbons (Fsp3) is 0.462. The molecule has 0 radical (unpaired) electrons. The average Bonchev–Trinajstić information content (AvgIpc) is 2.35. The third-order valence-electron chi connectivity index (χ3n) is 3.49. The van der Waals surface area contributed by atoms with E-state index in [4.69, 9.17) is 0 Å². The number of amides is 1. The number of benzene rings is 1. The van der Waals surface area contributed by atoms with E-state index in [1.807, 2.05) is 0 Å². The molecule has 0 heterocycles. The van der Waals surface area contributed by atoms with Crippen molar-refractivity contribution in [2.75, 3.05) is 18.9 Å². The van der Waals surface area contributed by atoms with E-state index >= 15 is 0 Å². The number of nitro benzene ring substituents is 1. The van der Waals surface area contributed by atoms with Gasteiger partial charge in [-0.25, -0.2) is 0 Å².